The first kappa shape index (κ1) is 67.0. The van der Waals surface area contributed by atoms with Gasteiger partial charge in [-0.25, -0.2) is 0 Å². The highest BCUT2D eigenvalue weighted by Gasteiger charge is 2.50. The summed E-state index contributed by atoms with van der Waals surface area (Å²) in [5.74, 6) is 5.48. The van der Waals surface area contributed by atoms with Gasteiger partial charge in [-0.3, -0.25) is 9.59 Å². The Kier molecular flexibility index (Phi) is 23.9. The Morgan fingerprint density at radius 1 is 0.422 bits per heavy atom. The molecule has 0 N–H and O–H groups in total. The zero-order chi connectivity index (χ0) is 62.7. The predicted molar refractivity (Wildman–Crippen MR) is 388 cm³/mol. The number of nitrogens with zero attached hydrogens (tertiary/aromatic N) is 2. The Labute approximate surface area is 562 Å². The summed E-state index contributed by atoms with van der Waals surface area (Å²) in [6.45, 7) is 21.8. The average molecular weight is 1330 g/mol. The Balaban J connectivity index is 1.09. The lowest BCUT2D eigenvalue weighted by atomic mass is 9.94. The van der Waals surface area contributed by atoms with Crippen molar-refractivity contribution in [3.63, 3.8) is 0 Å². The lowest BCUT2D eigenvalue weighted by molar-refractivity contribution is -0.124. The molecule has 0 saturated heterocycles. The molecular formula is C76H100N2O6S6. The third-order valence-corrected chi connectivity index (χ3v) is 26.2. The van der Waals surface area contributed by atoms with Crippen molar-refractivity contribution in [3.8, 4) is 53.6 Å². The van der Waals surface area contributed by atoms with Crippen LogP contribution in [0.4, 0.5) is 0 Å². The number of thiophene rings is 6. The van der Waals surface area contributed by atoms with Gasteiger partial charge in [-0.1, -0.05) is 190 Å². The second-order valence-corrected chi connectivity index (χ2v) is 32.3. The molecule has 0 spiro atoms. The van der Waals surface area contributed by atoms with Crippen molar-refractivity contribution in [3.05, 3.63) is 77.8 Å². The first-order valence-electron chi connectivity index (χ1n) is 35.2. The van der Waals surface area contributed by atoms with E-state index in [9.17, 15) is 0 Å². The van der Waals surface area contributed by atoms with Gasteiger partial charge in [0.2, 0.25) is 0 Å². The number of amides is 2. The van der Waals surface area contributed by atoms with Gasteiger partial charge in [0.1, 0.15) is 26.4 Å². The van der Waals surface area contributed by atoms with Crippen LogP contribution in [0.2, 0.25) is 0 Å². The fourth-order valence-corrected chi connectivity index (χ4v) is 21.4. The molecule has 2 amide bonds. The minimum absolute atomic E-state index is 0.00513. The number of benzene rings is 1. The topological polar surface area (TPSA) is 77.5 Å². The highest BCUT2D eigenvalue weighted by molar-refractivity contribution is 7.28. The number of ether oxygens (including phenoxy) is 4. The highest BCUT2D eigenvalue weighted by atomic mass is 32.1. The fourth-order valence-electron chi connectivity index (χ4n) is 14.5. The SMILES string of the molecule is CCCCCCC(CCCC)CN1C(=O)C2=C(c3ccc(-c4cc5c(-c6sc(CC(CC)CCCC)c7c6OCCO7)c6sccc6c(-c6sc(CC(CC)CCCC)c7c6OCCO7)c5s4)s3)N(CC(CCCC)CCCCCC)C(=O)C2=C1c1cccs1. The normalized spacial score (nSPS) is 16.3. The number of hydrogen-bond donors (Lipinski definition) is 0. The molecule has 4 atom stereocenters. The Morgan fingerprint density at radius 3 is 1.38 bits per heavy atom. The summed E-state index contributed by atoms with van der Waals surface area (Å²) in [5, 5.41) is 6.81. The van der Waals surface area contributed by atoms with Crippen molar-refractivity contribution in [2.24, 2.45) is 23.7 Å². The smallest absolute Gasteiger partial charge is 0.261 e. The third kappa shape index (κ3) is 14.3. The van der Waals surface area contributed by atoms with E-state index in [1.807, 2.05) is 45.3 Å². The van der Waals surface area contributed by atoms with E-state index in [-0.39, 0.29) is 11.8 Å². The monoisotopic (exact) mass is 1330 g/mol. The number of carbonyl (C=O) groups is 2. The minimum atomic E-state index is -0.00513. The van der Waals surface area contributed by atoms with Crippen LogP contribution in [0.25, 0.3) is 62.2 Å². The maximum Gasteiger partial charge on any atom is 0.261 e. The summed E-state index contributed by atoms with van der Waals surface area (Å²) < 4.78 is 29.5. The van der Waals surface area contributed by atoms with Crippen LogP contribution in [-0.2, 0) is 22.4 Å². The molecule has 0 fully saturated rings. The predicted octanol–water partition coefficient (Wildman–Crippen LogP) is 23.8. The molecule has 4 aliphatic heterocycles. The van der Waals surface area contributed by atoms with Crippen LogP contribution < -0.4 is 18.9 Å². The first-order valence-corrected chi connectivity index (χ1v) is 40.3. The largest absolute Gasteiger partial charge is 0.485 e. The van der Waals surface area contributed by atoms with Crippen molar-refractivity contribution in [1.82, 2.24) is 9.80 Å². The number of hydrogen-bond acceptors (Lipinski definition) is 12. The zero-order valence-electron chi connectivity index (χ0n) is 55.3. The minimum Gasteiger partial charge on any atom is -0.485 e. The average Bonchev–Trinajstić information content (AvgIpc) is 1.56. The lowest BCUT2D eigenvalue weighted by Gasteiger charge is -2.29. The molecule has 10 heterocycles. The van der Waals surface area contributed by atoms with Crippen molar-refractivity contribution in [2.75, 3.05) is 39.5 Å². The molecule has 90 heavy (non-hydrogen) atoms. The fraction of sp³-hybridized carbons (Fsp3) is 0.579. The molecule has 0 bridgehead atoms. The standard InChI is InChI=1S/C76H100N2O6S6/c1-9-17-23-25-32-51(30-21-13-5)47-77-65(56-34-27-42-85-56)63-64(76(77)80)66(78(75(63)79)48-52(31-22-14-6)33-26-24-18-10-2)57-36-35-55(87-57)58-46-54-62(74-70-68(82-39-41-84-70)60(90-74)45-50(16-8)29-20-12-4)71-53(37-43-86-71)61(72(54)88-58)73-69-67(81-38-40-83-69)59(89-73)44-49(15-7)28-19-11-3/h27,34-37,42-43,46,49-52H,9-26,28-33,38-41,44-45,47-48H2,1-8H3. The molecule has 8 nitrogen and oxygen atoms in total. The van der Waals surface area contributed by atoms with Crippen molar-refractivity contribution < 1.29 is 28.5 Å². The van der Waals surface area contributed by atoms with E-state index < -0.39 is 0 Å². The molecule has 486 valence electrons. The van der Waals surface area contributed by atoms with Crippen LogP contribution in [-0.4, -0.2) is 61.1 Å². The van der Waals surface area contributed by atoms with Crippen molar-refractivity contribution in [2.45, 2.75) is 222 Å². The molecule has 0 radical (unpaired) electrons. The van der Waals surface area contributed by atoms with Crippen LogP contribution in [0.1, 0.15) is 229 Å². The molecule has 11 rings (SSSR count). The van der Waals surface area contributed by atoms with Crippen LogP contribution in [0, 0.1) is 23.7 Å². The van der Waals surface area contributed by atoms with E-state index >= 15 is 9.59 Å². The molecule has 1 aromatic carbocycles. The summed E-state index contributed by atoms with van der Waals surface area (Å²) in [6.07, 6.45) is 29.9. The highest BCUT2D eigenvalue weighted by Crippen LogP contribution is 2.61. The quantitative estimate of drug-likeness (QED) is 0.0361. The number of rotatable bonds is 37. The van der Waals surface area contributed by atoms with E-state index in [0.717, 1.165) is 147 Å². The van der Waals surface area contributed by atoms with Crippen molar-refractivity contribution >= 4 is 111 Å². The number of fused-ring (bicyclic) bond motifs is 5. The number of unbranched alkanes of at least 4 members (excludes halogenated alkanes) is 10. The molecule has 4 unspecified atom stereocenters. The Bertz CT molecular complexity index is 3460. The van der Waals surface area contributed by atoms with Crippen LogP contribution in [0.3, 0.4) is 0 Å². The molecule has 7 aromatic rings. The van der Waals surface area contributed by atoms with Gasteiger partial charge in [0.05, 0.1) is 51.8 Å². The van der Waals surface area contributed by atoms with E-state index in [0.29, 0.717) is 74.3 Å². The zero-order valence-corrected chi connectivity index (χ0v) is 60.2. The maximum absolute atomic E-state index is 16.0. The summed E-state index contributed by atoms with van der Waals surface area (Å²) in [4.78, 5) is 45.3. The van der Waals surface area contributed by atoms with Gasteiger partial charge in [0.25, 0.3) is 11.8 Å². The molecule has 14 heteroatoms. The maximum atomic E-state index is 16.0. The van der Waals surface area contributed by atoms with E-state index in [4.69, 9.17) is 18.9 Å². The molecule has 0 aliphatic carbocycles. The van der Waals surface area contributed by atoms with Gasteiger partial charge in [-0.15, -0.1) is 68.0 Å². The van der Waals surface area contributed by atoms with E-state index in [2.05, 4.69) is 112 Å². The second-order valence-electron chi connectivity index (χ2n) is 26.1. The Morgan fingerprint density at radius 2 is 0.889 bits per heavy atom. The molecular weight excluding hydrogens is 1230 g/mol. The number of carbonyl (C=O) groups excluding carboxylic acids is 2. The summed E-state index contributed by atoms with van der Waals surface area (Å²) in [6, 6.07) is 13.5. The first-order chi connectivity index (χ1) is 44.2. The van der Waals surface area contributed by atoms with E-state index in [1.165, 1.54) is 125 Å². The van der Waals surface area contributed by atoms with Gasteiger partial charge in [-0.2, -0.15) is 0 Å². The van der Waals surface area contributed by atoms with E-state index in [1.54, 1.807) is 22.7 Å². The van der Waals surface area contributed by atoms with Crippen molar-refractivity contribution in [1.29, 1.82) is 0 Å². The van der Waals surface area contributed by atoms with Crippen LogP contribution >= 0.6 is 68.0 Å². The van der Waals surface area contributed by atoms with Crippen LogP contribution in [0.15, 0.2) is 58.3 Å². The van der Waals surface area contributed by atoms with Gasteiger partial charge < -0.3 is 28.7 Å². The van der Waals surface area contributed by atoms with Gasteiger partial charge in [-0.05, 0) is 103 Å². The third-order valence-electron chi connectivity index (χ3n) is 19.6. The molecule has 4 aliphatic rings. The second kappa shape index (κ2) is 32.1. The summed E-state index contributed by atoms with van der Waals surface area (Å²) in [5.41, 5.74) is 5.31. The van der Waals surface area contributed by atoms with Gasteiger partial charge >= 0.3 is 0 Å². The van der Waals surface area contributed by atoms with Gasteiger partial charge in [0, 0.05) is 54.1 Å². The van der Waals surface area contributed by atoms with Gasteiger partial charge in [0.15, 0.2) is 23.0 Å². The molecule has 6 aromatic heterocycles. The summed E-state index contributed by atoms with van der Waals surface area (Å²) >= 11 is 10.9. The Hall–Kier alpha value is -4.44. The summed E-state index contributed by atoms with van der Waals surface area (Å²) in [7, 11) is 0. The molecule has 0 saturated carbocycles. The lowest BCUT2D eigenvalue weighted by Crippen LogP contribution is -2.34. The van der Waals surface area contributed by atoms with Crippen LogP contribution in [0.5, 0.6) is 23.0 Å².